The summed E-state index contributed by atoms with van der Waals surface area (Å²) < 4.78 is 13.3. The quantitative estimate of drug-likeness (QED) is 0.727. The number of hydrogen-bond acceptors (Lipinski definition) is 4. The molecule has 2 N–H and O–H groups in total. The standard InChI is InChI=1S/C20H19FN4O/c1-13-6-3-4-7-15(13)12-22-19-11-18(23-14(2)24-19)20(26)25-17-9-5-8-16(21)10-17/h3-11H,12H2,1-2H3,(H,25,26)(H,22,23,24). The van der Waals surface area contributed by atoms with Gasteiger partial charge in [-0.3, -0.25) is 4.79 Å². The van der Waals surface area contributed by atoms with Crippen molar-refractivity contribution >= 4 is 17.4 Å². The first-order chi connectivity index (χ1) is 12.5. The lowest BCUT2D eigenvalue weighted by molar-refractivity contribution is 0.102. The van der Waals surface area contributed by atoms with Gasteiger partial charge in [0.1, 0.15) is 23.2 Å². The van der Waals surface area contributed by atoms with E-state index in [0.29, 0.717) is 23.9 Å². The molecule has 0 saturated carbocycles. The fourth-order valence-electron chi connectivity index (χ4n) is 2.53. The Morgan fingerprint density at radius 1 is 1.04 bits per heavy atom. The van der Waals surface area contributed by atoms with Crippen molar-refractivity contribution in [3.05, 3.63) is 83.1 Å². The van der Waals surface area contributed by atoms with Gasteiger partial charge in [-0.05, 0) is 43.2 Å². The largest absolute Gasteiger partial charge is 0.366 e. The molecule has 1 amide bonds. The fraction of sp³-hybridized carbons (Fsp3) is 0.150. The molecular formula is C20H19FN4O. The Kier molecular flexibility index (Phi) is 5.22. The Morgan fingerprint density at radius 2 is 1.85 bits per heavy atom. The van der Waals surface area contributed by atoms with E-state index in [1.165, 1.54) is 23.8 Å². The van der Waals surface area contributed by atoms with Gasteiger partial charge in [-0.15, -0.1) is 0 Å². The van der Waals surface area contributed by atoms with Crippen LogP contribution in [0.15, 0.2) is 54.6 Å². The minimum Gasteiger partial charge on any atom is -0.366 e. The molecule has 0 aliphatic rings. The van der Waals surface area contributed by atoms with E-state index in [2.05, 4.69) is 20.6 Å². The van der Waals surface area contributed by atoms with Crippen LogP contribution in [0.1, 0.15) is 27.4 Å². The van der Waals surface area contributed by atoms with Crippen molar-refractivity contribution in [3.8, 4) is 0 Å². The molecule has 6 heteroatoms. The number of amides is 1. The molecule has 2 aromatic carbocycles. The number of aryl methyl sites for hydroxylation is 2. The van der Waals surface area contributed by atoms with Gasteiger partial charge >= 0.3 is 0 Å². The number of aromatic nitrogens is 2. The van der Waals surface area contributed by atoms with Crippen molar-refractivity contribution in [2.24, 2.45) is 0 Å². The first kappa shape index (κ1) is 17.5. The van der Waals surface area contributed by atoms with E-state index in [-0.39, 0.29) is 5.69 Å². The van der Waals surface area contributed by atoms with Gasteiger partial charge in [0.15, 0.2) is 0 Å². The summed E-state index contributed by atoms with van der Waals surface area (Å²) in [5.41, 5.74) is 2.92. The van der Waals surface area contributed by atoms with Crippen molar-refractivity contribution in [1.82, 2.24) is 9.97 Å². The highest BCUT2D eigenvalue weighted by atomic mass is 19.1. The number of nitrogens with zero attached hydrogens (tertiary/aromatic N) is 2. The highest BCUT2D eigenvalue weighted by molar-refractivity contribution is 6.03. The lowest BCUT2D eigenvalue weighted by atomic mass is 10.1. The number of anilines is 2. The van der Waals surface area contributed by atoms with E-state index in [1.807, 2.05) is 31.2 Å². The molecule has 3 aromatic rings. The van der Waals surface area contributed by atoms with Crippen molar-refractivity contribution in [2.45, 2.75) is 20.4 Å². The summed E-state index contributed by atoms with van der Waals surface area (Å²) in [6, 6.07) is 15.3. The molecule has 0 saturated heterocycles. The zero-order chi connectivity index (χ0) is 18.5. The predicted molar refractivity (Wildman–Crippen MR) is 99.6 cm³/mol. The Labute approximate surface area is 151 Å². The van der Waals surface area contributed by atoms with Crippen molar-refractivity contribution in [2.75, 3.05) is 10.6 Å². The van der Waals surface area contributed by atoms with E-state index < -0.39 is 11.7 Å². The molecule has 3 rings (SSSR count). The molecule has 0 aliphatic heterocycles. The second-order valence-corrected chi connectivity index (χ2v) is 5.93. The van der Waals surface area contributed by atoms with Crippen LogP contribution in [0.5, 0.6) is 0 Å². The average molecular weight is 350 g/mol. The predicted octanol–water partition coefficient (Wildman–Crippen LogP) is 4.10. The van der Waals surface area contributed by atoms with E-state index in [4.69, 9.17) is 0 Å². The third-order valence-corrected chi connectivity index (χ3v) is 3.87. The summed E-state index contributed by atoms with van der Waals surface area (Å²) in [5, 5.41) is 5.86. The van der Waals surface area contributed by atoms with Gasteiger partial charge in [0.05, 0.1) is 0 Å². The van der Waals surface area contributed by atoms with Crippen molar-refractivity contribution < 1.29 is 9.18 Å². The average Bonchev–Trinajstić information content (AvgIpc) is 2.60. The first-order valence-corrected chi connectivity index (χ1v) is 8.22. The van der Waals surface area contributed by atoms with Crippen molar-refractivity contribution in [1.29, 1.82) is 0 Å². The third-order valence-electron chi connectivity index (χ3n) is 3.87. The van der Waals surface area contributed by atoms with Gasteiger partial charge in [0.2, 0.25) is 0 Å². The highest BCUT2D eigenvalue weighted by Gasteiger charge is 2.11. The molecule has 1 heterocycles. The summed E-state index contributed by atoms with van der Waals surface area (Å²) in [7, 11) is 0. The minimum atomic E-state index is -0.417. The number of carbonyl (C=O) groups excluding carboxylic acids is 1. The van der Waals surface area contributed by atoms with Crippen LogP contribution < -0.4 is 10.6 Å². The van der Waals surface area contributed by atoms with E-state index in [0.717, 1.165) is 5.56 Å². The van der Waals surface area contributed by atoms with Gasteiger partial charge < -0.3 is 10.6 Å². The second-order valence-electron chi connectivity index (χ2n) is 5.93. The second kappa shape index (κ2) is 7.74. The zero-order valence-corrected chi connectivity index (χ0v) is 14.6. The summed E-state index contributed by atoms with van der Waals surface area (Å²) in [6.07, 6.45) is 0. The Morgan fingerprint density at radius 3 is 2.62 bits per heavy atom. The van der Waals surface area contributed by atoms with Gasteiger partial charge in [0.25, 0.3) is 5.91 Å². The molecule has 0 bridgehead atoms. The topological polar surface area (TPSA) is 66.9 Å². The van der Waals surface area contributed by atoms with Crippen LogP contribution in [0.4, 0.5) is 15.9 Å². The summed E-state index contributed by atoms with van der Waals surface area (Å²) in [4.78, 5) is 20.9. The number of carbonyl (C=O) groups is 1. The van der Waals surface area contributed by atoms with E-state index >= 15 is 0 Å². The third kappa shape index (κ3) is 4.42. The van der Waals surface area contributed by atoms with Crippen LogP contribution in [-0.2, 0) is 6.54 Å². The van der Waals surface area contributed by atoms with Crippen LogP contribution in [0.3, 0.4) is 0 Å². The first-order valence-electron chi connectivity index (χ1n) is 8.22. The molecule has 0 spiro atoms. The molecule has 0 fully saturated rings. The van der Waals surface area contributed by atoms with Crippen LogP contribution >= 0.6 is 0 Å². The number of rotatable bonds is 5. The summed E-state index contributed by atoms with van der Waals surface area (Å²) in [6.45, 7) is 4.35. The van der Waals surface area contributed by atoms with Crippen LogP contribution in [0.25, 0.3) is 0 Å². The highest BCUT2D eigenvalue weighted by Crippen LogP contribution is 2.14. The van der Waals surface area contributed by atoms with Crippen molar-refractivity contribution in [3.63, 3.8) is 0 Å². The molecular weight excluding hydrogens is 331 g/mol. The van der Waals surface area contributed by atoms with Crippen LogP contribution in [0, 0.1) is 19.7 Å². The maximum absolute atomic E-state index is 13.3. The number of nitrogens with one attached hydrogen (secondary N) is 2. The van der Waals surface area contributed by atoms with E-state index in [9.17, 15) is 9.18 Å². The number of halogens is 1. The molecule has 0 aliphatic carbocycles. The monoisotopic (exact) mass is 350 g/mol. The fourth-order valence-corrected chi connectivity index (χ4v) is 2.53. The summed E-state index contributed by atoms with van der Waals surface area (Å²) >= 11 is 0. The molecule has 0 radical (unpaired) electrons. The molecule has 1 aromatic heterocycles. The van der Waals surface area contributed by atoms with Crippen LogP contribution in [0.2, 0.25) is 0 Å². The van der Waals surface area contributed by atoms with Gasteiger partial charge in [-0.25, -0.2) is 14.4 Å². The van der Waals surface area contributed by atoms with Crippen LogP contribution in [-0.4, -0.2) is 15.9 Å². The minimum absolute atomic E-state index is 0.217. The molecule has 0 unspecified atom stereocenters. The molecule has 5 nitrogen and oxygen atoms in total. The lowest BCUT2D eigenvalue weighted by Gasteiger charge is -2.10. The maximum atomic E-state index is 13.3. The molecule has 26 heavy (non-hydrogen) atoms. The Bertz CT molecular complexity index is 943. The van der Waals surface area contributed by atoms with E-state index in [1.54, 1.807) is 19.1 Å². The number of hydrogen-bond donors (Lipinski definition) is 2. The lowest BCUT2D eigenvalue weighted by Crippen LogP contribution is -2.16. The normalized spacial score (nSPS) is 10.4. The molecule has 0 atom stereocenters. The molecule has 132 valence electrons. The number of benzene rings is 2. The Balaban J connectivity index is 1.74. The van der Waals surface area contributed by atoms with Gasteiger partial charge in [0, 0.05) is 18.3 Å². The maximum Gasteiger partial charge on any atom is 0.274 e. The van der Waals surface area contributed by atoms with Gasteiger partial charge in [-0.1, -0.05) is 30.3 Å². The zero-order valence-electron chi connectivity index (χ0n) is 14.6. The Hall–Kier alpha value is -3.28. The SMILES string of the molecule is Cc1nc(NCc2ccccc2C)cc(C(=O)Nc2cccc(F)c2)n1. The smallest absolute Gasteiger partial charge is 0.274 e. The summed E-state index contributed by atoms with van der Waals surface area (Å²) in [5.74, 6) is 0.205. The van der Waals surface area contributed by atoms with Gasteiger partial charge in [-0.2, -0.15) is 0 Å².